The van der Waals surface area contributed by atoms with Gasteiger partial charge in [0.15, 0.2) is 5.82 Å². The molecular formula is C16H11ClN2O3S. The van der Waals surface area contributed by atoms with Crippen molar-refractivity contribution in [2.45, 2.75) is 0 Å². The first-order chi connectivity index (χ1) is 11.1. The van der Waals surface area contributed by atoms with Gasteiger partial charge in [-0.25, -0.2) is 9.78 Å². The van der Waals surface area contributed by atoms with Crippen LogP contribution in [0.15, 0.2) is 40.5 Å². The largest absolute Gasteiger partial charge is 0.465 e. The number of methoxy groups -OCH3 is 1. The van der Waals surface area contributed by atoms with E-state index in [2.05, 4.69) is 14.7 Å². The minimum atomic E-state index is -0.490. The fourth-order valence-corrected chi connectivity index (χ4v) is 2.99. The number of benzene rings is 1. The molecule has 0 bridgehead atoms. The molecule has 0 radical (unpaired) electrons. The third kappa shape index (κ3) is 3.18. The van der Waals surface area contributed by atoms with Gasteiger partial charge in [0.1, 0.15) is 0 Å². The predicted octanol–water partition coefficient (Wildman–Crippen LogP) is 3.51. The van der Waals surface area contributed by atoms with Crippen LogP contribution >= 0.6 is 22.9 Å². The van der Waals surface area contributed by atoms with Gasteiger partial charge in [0.2, 0.25) is 0 Å². The van der Waals surface area contributed by atoms with E-state index in [1.807, 2.05) is 17.5 Å². The molecule has 0 atom stereocenters. The lowest BCUT2D eigenvalue weighted by atomic mass is 10.1. The molecule has 7 heteroatoms. The quantitative estimate of drug-likeness (QED) is 0.737. The number of rotatable bonds is 3. The molecule has 2 aromatic heterocycles. The van der Waals surface area contributed by atoms with Gasteiger partial charge in [-0.1, -0.05) is 17.7 Å². The molecule has 2 heterocycles. The molecule has 1 aromatic carbocycles. The Bertz CT molecular complexity index is 961. The molecule has 0 fully saturated rings. The summed E-state index contributed by atoms with van der Waals surface area (Å²) < 4.78 is 4.67. The third-order valence-corrected chi connectivity index (χ3v) is 4.27. The Morgan fingerprint density at radius 2 is 2.22 bits per heavy atom. The number of aromatic nitrogens is 2. The number of thiophene rings is 1. The Hall–Kier alpha value is -2.44. The van der Waals surface area contributed by atoms with Gasteiger partial charge in [-0.2, -0.15) is 0 Å². The highest BCUT2D eigenvalue weighted by atomic mass is 35.5. The van der Waals surface area contributed by atoms with Gasteiger partial charge in [-0.15, -0.1) is 11.3 Å². The van der Waals surface area contributed by atoms with Crippen LogP contribution in [0.25, 0.3) is 22.0 Å². The minimum Gasteiger partial charge on any atom is -0.465 e. The van der Waals surface area contributed by atoms with E-state index in [0.717, 1.165) is 4.88 Å². The van der Waals surface area contributed by atoms with E-state index in [1.165, 1.54) is 36.6 Å². The zero-order valence-electron chi connectivity index (χ0n) is 12.0. The molecule has 0 saturated carbocycles. The van der Waals surface area contributed by atoms with Crippen molar-refractivity contribution in [2.75, 3.05) is 7.11 Å². The van der Waals surface area contributed by atoms with Crippen LogP contribution < -0.4 is 5.56 Å². The second kappa shape index (κ2) is 6.36. The number of aromatic amines is 1. The average molecular weight is 347 g/mol. The summed E-state index contributed by atoms with van der Waals surface area (Å²) in [6, 6.07) is 8.37. The van der Waals surface area contributed by atoms with E-state index >= 15 is 0 Å². The van der Waals surface area contributed by atoms with Crippen LogP contribution in [0.2, 0.25) is 0 Å². The molecule has 0 aliphatic carbocycles. The van der Waals surface area contributed by atoms with E-state index in [1.54, 1.807) is 6.08 Å². The second-order valence-corrected chi connectivity index (χ2v) is 6.03. The molecular weight excluding hydrogens is 336 g/mol. The van der Waals surface area contributed by atoms with Crippen LogP contribution in [-0.4, -0.2) is 23.0 Å². The lowest BCUT2D eigenvalue weighted by Crippen LogP contribution is -2.11. The van der Waals surface area contributed by atoms with Gasteiger partial charge in [0, 0.05) is 4.88 Å². The zero-order chi connectivity index (χ0) is 16.4. The van der Waals surface area contributed by atoms with Crippen LogP contribution in [-0.2, 0) is 4.74 Å². The number of halogens is 1. The first kappa shape index (κ1) is 15.5. The fraction of sp³-hybridized carbons (Fsp3) is 0.0625. The monoisotopic (exact) mass is 346 g/mol. The predicted molar refractivity (Wildman–Crippen MR) is 91.7 cm³/mol. The van der Waals surface area contributed by atoms with Crippen molar-refractivity contribution < 1.29 is 9.53 Å². The molecule has 0 aliphatic rings. The molecule has 0 amide bonds. The molecule has 0 saturated heterocycles. The van der Waals surface area contributed by atoms with Crippen LogP contribution in [0.3, 0.4) is 0 Å². The highest BCUT2D eigenvalue weighted by Crippen LogP contribution is 2.22. The van der Waals surface area contributed by atoms with E-state index in [4.69, 9.17) is 11.6 Å². The standard InChI is InChI=1S/C16H11ClN2O3S/c1-22-16(21)9-4-5-11-13(7-9)18-14(19-15(11)20)12(17)8-10-3-2-6-23-10/h2-8H,1H3,(H,18,19,20)/b12-8-. The molecule has 0 aliphatic heterocycles. The fourth-order valence-electron chi connectivity index (χ4n) is 2.06. The molecule has 23 heavy (non-hydrogen) atoms. The minimum absolute atomic E-state index is 0.250. The van der Waals surface area contributed by atoms with E-state index in [0.29, 0.717) is 21.5 Å². The van der Waals surface area contributed by atoms with Crippen molar-refractivity contribution in [3.05, 3.63) is 62.3 Å². The van der Waals surface area contributed by atoms with E-state index in [9.17, 15) is 9.59 Å². The van der Waals surface area contributed by atoms with Crippen molar-refractivity contribution in [3.8, 4) is 0 Å². The maximum absolute atomic E-state index is 12.2. The number of hydrogen-bond donors (Lipinski definition) is 1. The van der Waals surface area contributed by atoms with Crippen LogP contribution in [0.1, 0.15) is 21.1 Å². The summed E-state index contributed by atoms with van der Waals surface area (Å²) in [5.74, 6) is -0.240. The number of nitrogens with one attached hydrogen (secondary N) is 1. The summed E-state index contributed by atoms with van der Waals surface area (Å²) in [7, 11) is 1.30. The number of esters is 1. The molecule has 3 aromatic rings. The number of ether oxygens (including phenoxy) is 1. The first-order valence-electron chi connectivity index (χ1n) is 6.62. The molecule has 5 nitrogen and oxygen atoms in total. The van der Waals surface area contributed by atoms with E-state index in [-0.39, 0.29) is 11.4 Å². The SMILES string of the molecule is COC(=O)c1ccc2c(=O)[nH]c(/C(Cl)=C/c3cccs3)nc2c1. The van der Waals surface area contributed by atoms with Gasteiger partial charge < -0.3 is 9.72 Å². The number of carbonyl (C=O) groups is 1. The van der Waals surface area contributed by atoms with Crippen molar-refractivity contribution in [2.24, 2.45) is 0 Å². The molecule has 116 valence electrons. The number of carbonyl (C=O) groups excluding carboxylic acids is 1. The molecule has 3 rings (SSSR count). The summed E-state index contributed by atoms with van der Waals surface area (Å²) in [6.45, 7) is 0. The van der Waals surface area contributed by atoms with Crippen LogP contribution in [0.5, 0.6) is 0 Å². The summed E-state index contributed by atoms with van der Waals surface area (Å²) in [5.41, 5.74) is 0.380. The Morgan fingerprint density at radius 3 is 2.91 bits per heavy atom. The number of nitrogens with zero attached hydrogens (tertiary/aromatic N) is 1. The maximum atomic E-state index is 12.2. The Labute approximate surface area is 140 Å². The first-order valence-corrected chi connectivity index (χ1v) is 7.87. The molecule has 1 N–H and O–H groups in total. The molecule has 0 spiro atoms. The van der Waals surface area contributed by atoms with Crippen molar-refractivity contribution in [1.29, 1.82) is 0 Å². The summed E-state index contributed by atoms with van der Waals surface area (Å²) >= 11 is 7.76. The lowest BCUT2D eigenvalue weighted by molar-refractivity contribution is 0.0601. The van der Waals surface area contributed by atoms with Crippen LogP contribution in [0.4, 0.5) is 0 Å². The number of H-pyrrole nitrogens is 1. The third-order valence-electron chi connectivity index (χ3n) is 3.17. The summed E-state index contributed by atoms with van der Waals surface area (Å²) in [6.07, 6.45) is 1.72. The zero-order valence-corrected chi connectivity index (χ0v) is 13.6. The van der Waals surface area contributed by atoms with Gasteiger partial charge >= 0.3 is 5.97 Å². The van der Waals surface area contributed by atoms with Gasteiger partial charge in [-0.3, -0.25) is 4.79 Å². The van der Waals surface area contributed by atoms with E-state index < -0.39 is 5.97 Å². The van der Waals surface area contributed by atoms with Crippen molar-refractivity contribution >= 4 is 50.9 Å². The Kier molecular flexibility index (Phi) is 4.27. The highest BCUT2D eigenvalue weighted by molar-refractivity contribution is 7.11. The molecule has 0 unspecified atom stereocenters. The smallest absolute Gasteiger partial charge is 0.337 e. The highest BCUT2D eigenvalue weighted by Gasteiger charge is 2.11. The summed E-state index contributed by atoms with van der Waals surface area (Å²) in [5, 5.41) is 2.62. The van der Waals surface area contributed by atoms with Crippen LogP contribution in [0, 0.1) is 0 Å². The number of fused-ring (bicyclic) bond motifs is 1. The number of hydrogen-bond acceptors (Lipinski definition) is 5. The van der Waals surface area contributed by atoms with Gasteiger partial charge in [0.25, 0.3) is 5.56 Å². The topological polar surface area (TPSA) is 72.1 Å². The Balaban J connectivity index is 2.12. The average Bonchev–Trinajstić information content (AvgIpc) is 3.06. The maximum Gasteiger partial charge on any atom is 0.337 e. The van der Waals surface area contributed by atoms with Crippen molar-refractivity contribution in [1.82, 2.24) is 9.97 Å². The Morgan fingerprint density at radius 1 is 1.39 bits per heavy atom. The lowest BCUT2D eigenvalue weighted by Gasteiger charge is -2.04. The van der Waals surface area contributed by atoms with Crippen molar-refractivity contribution in [3.63, 3.8) is 0 Å². The normalized spacial score (nSPS) is 11.7. The van der Waals surface area contributed by atoms with Gasteiger partial charge in [0.05, 0.1) is 28.6 Å². The summed E-state index contributed by atoms with van der Waals surface area (Å²) in [4.78, 5) is 31.7. The second-order valence-electron chi connectivity index (χ2n) is 4.65. The van der Waals surface area contributed by atoms with Gasteiger partial charge in [-0.05, 0) is 35.7 Å².